The number of halogens is 3. The Morgan fingerprint density at radius 3 is 1.88 bits per heavy atom. The third kappa shape index (κ3) is 3.25. The van der Waals surface area contributed by atoms with E-state index in [0.717, 1.165) is 11.1 Å². The van der Waals surface area contributed by atoms with Gasteiger partial charge in [0.1, 0.15) is 5.82 Å². The summed E-state index contributed by atoms with van der Waals surface area (Å²) in [7, 11) is 0. The van der Waals surface area contributed by atoms with E-state index < -0.39 is 17.5 Å². The molecule has 0 fully saturated rings. The van der Waals surface area contributed by atoms with Gasteiger partial charge in [0.25, 0.3) is 0 Å². The van der Waals surface area contributed by atoms with Gasteiger partial charge < -0.3 is 4.90 Å². The monoisotopic (exact) mass is 341 g/mol. The molecule has 0 atom stereocenters. The van der Waals surface area contributed by atoms with Crippen LogP contribution in [0, 0.1) is 38.2 Å². The van der Waals surface area contributed by atoms with Crippen molar-refractivity contribution in [3.63, 3.8) is 0 Å². The molecule has 0 aliphatic rings. The van der Waals surface area contributed by atoms with Crippen molar-refractivity contribution >= 4 is 17.1 Å². The molecule has 25 heavy (non-hydrogen) atoms. The van der Waals surface area contributed by atoms with Crippen LogP contribution in [0.1, 0.15) is 16.7 Å². The zero-order valence-corrected chi connectivity index (χ0v) is 14.3. The predicted molar refractivity (Wildman–Crippen MR) is 95.2 cm³/mol. The van der Waals surface area contributed by atoms with Crippen LogP contribution in [0.25, 0.3) is 0 Å². The van der Waals surface area contributed by atoms with Crippen molar-refractivity contribution in [2.24, 2.45) is 0 Å². The summed E-state index contributed by atoms with van der Waals surface area (Å²) in [6.45, 7) is 5.19. The fraction of sp³-hybridized carbons (Fsp3) is 0.143. The molecule has 0 spiro atoms. The van der Waals surface area contributed by atoms with Gasteiger partial charge in [0.05, 0.1) is 11.4 Å². The van der Waals surface area contributed by atoms with Crippen LogP contribution in [0.4, 0.5) is 30.2 Å². The summed E-state index contributed by atoms with van der Waals surface area (Å²) in [5.41, 5.74) is 2.65. The molecule has 3 rings (SSSR count). The van der Waals surface area contributed by atoms with Gasteiger partial charge in [0.15, 0.2) is 11.6 Å². The number of hydrogen-bond donors (Lipinski definition) is 0. The van der Waals surface area contributed by atoms with Gasteiger partial charge in [-0.05, 0) is 62.2 Å². The minimum atomic E-state index is -0.999. The standard InChI is InChI=1S/C21H18F3N/c1-13-4-8-16(9-5-13)25(18-10-6-14(2)12-17(18)22)19-11-7-15(3)20(23)21(19)24/h4-12H,1-3H3. The smallest absolute Gasteiger partial charge is 0.183 e. The zero-order chi connectivity index (χ0) is 18.1. The van der Waals surface area contributed by atoms with Crippen molar-refractivity contribution in [2.45, 2.75) is 20.8 Å². The molecule has 0 radical (unpaired) electrons. The van der Waals surface area contributed by atoms with Crippen LogP contribution < -0.4 is 4.90 Å². The van der Waals surface area contributed by atoms with E-state index in [2.05, 4.69) is 0 Å². The van der Waals surface area contributed by atoms with E-state index in [-0.39, 0.29) is 16.9 Å². The van der Waals surface area contributed by atoms with E-state index in [4.69, 9.17) is 0 Å². The molecule has 1 nitrogen and oxygen atoms in total. The molecular formula is C21H18F3N. The van der Waals surface area contributed by atoms with Gasteiger partial charge in [-0.3, -0.25) is 0 Å². The molecule has 3 aromatic rings. The molecular weight excluding hydrogens is 323 g/mol. The van der Waals surface area contributed by atoms with E-state index in [0.29, 0.717) is 5.69 Å². The van der Waals surface area contributed by atoms with Gasteiger partial charge in [-0.2, -0.15) is 0 Å². The predicted octanol–water partition coefficient (Wildman–Crippen LogP) is 6.50. The summed E-state index contributed by atoms with van der Waals surface area (Å²) in [5.74, 6) is -2.43. The number of anilines is 3. The third-order valence-corrected chi connectivity index (χ3v) is 4.13. The summed E-state index contributed by atoms with van der Waals surface area (Å²) < 4.78 is 43.4. The van der Waals surface area contributed by atoms with Crippen LogP contribution in [0.5, 0.6) is 0 Å². The summed E-state index contributed by atoms with van der Waals surface area (Å²) >= 11 is 0. The first-order chi connectivity index (χ1) is 11.9. The Labute approximate surface area is 145 Å². The number of hydrogen-bond acceptors (Lipinski definition) is 1. The van der Waals surface area contributed by atoms with Crippen LogP contribution >= 0.6 is 0 Å². The molecule has 0 heterocycles. The third-order valence-electron chi connectivity index (χ3n) is 4.13. The number of rotatable bonds is 3. The Bertz CT molecular complexity index is 917. The van der Waals surface area contributed by atoms with Crippen LogP contribution in [0.2, 0.25) is 0 Å². The van der Waals surface area contributed by atoms with Gasteiger partial charge in [-0.15, -0.1) is 0 Å². The highest BCUT2D eigenvalue weighted by Gasteiger charge is 2.22. The summed E-state index contributed by atoms with van der Waals surface area (Å²) in [6.07, 6.45) is 0. The van der Waals surface area contributed by atoms with Crippen molar-refractivity contribution in [1.29, 1.82) is 0 Å². The van der Waals surface area contributed by atoms with E-state index in [1.54, 1.807) is 31.2 Å². The summed E-state index contributed by atoms with van der Waals surface area (Å²) in [4.78, 5) is 1.39. The van der Waals surface area contributed by atoms with Crippen LogP contribution in [0.15, 0.2) is 54.6 Å². The quantitative estimate of drug-likeness (QED) is 0.525. The maximum Gasteiger partial charge on any atom is 0.183 e. The van der Waals surface area contributed by atoms with E-state index in [1.807, 2.05) is 19.1 Å². The second kappa shape index (κ2) is 6.63. The van der Waals surface area contributed by atoms with Gasteiger partial charge in [-0.1, -0.05) is 29.8 Å². The van der Waals surface area contributed by atoms with Crippen molar-refractivity contribution in [3.05, 3.63) is 88.7 Å². The molecule has 128 valence electrons. The van der Waals surface area contributed by atoms with Gasteiger partial charge in [0, 0.05) is 5.69 Å². The fourth-order valence-corrected chi connectivity index (χ4v) is 2.70. The fourth-order valence-electron chi connectivity index (χ4n) is 2.70. The highest BCUT2D eigenvalue weighted by atomic mass is 19.2. The van der Waals surface area contributed by atoms with Gasteiger partial charge in [-0.25, -0.2) is 13.2 Å². The van der Waals surface area contributed by atoms with E-state index in [9.17, 15) is 13.2 Å². The lowest BCUT2D eigenvalue weighted by atomic mass is 10.1. The first kappa shape index (κ1) is 17.1. The topological polar surface area (TPSA) is 3.24 Å². The average Bonchev–Trinajstić information content (AvgIpc) is 2.58. The van der Waals surface area contributed by atoms with Crippen molar-refractivity contribution in [3.8, 4) is 0 Å². The van der Waals surface area contributed by atoms with Crippen molar-refractivity contribution < 1.29 is 13.2 Å². The Morgan fingerprint density at radius 2 is 1.24 bits per heavy atom. The van der Waals surface area contributed by atoms with Crippen LogP contribution in [0.3, 0.4) is 0 Å². The summed E-state index contributed by atoms with van der Waals surface area (Å²) in [6, 6.07) is 14.8. The molecule has 0 bridgehead atoms. The van der Waals surface area contributed by atoms with Gasteiger partial charge in [0.2, 0.25) is 0 Å². The maximum atomic E-state index is 14.6. The minimum absolute atomic E-state index is 0.0327. The second-order valence-electron chi connectivity index (χ2n) is 6.16. The average molecular weight is 341 g/mol. The molecule has 0 aliphatic carbocycles. The summed E-state index contributed by atoms with van der Waals surface area (Å²) in [5, 5.41) is 0. The van der Waals surface area contributed by atoms with E-state index >= 15 is 0 Å². The molecule has 0 aromatic heterocycles. The number of benzene rings is 3. The molecule has 0 amide bonds. The minimum Gasteiger partial charge on any atom is -0.305 e. The molecule has 0 saturated carbocycles. The van der Waals surface area contributed by atoms with Crippen LogP contribution in [-0.2, 0) is 0 Å². The van der Waals surface area contributed by atoms with E-state index in [1.165, 1.54) is 30.0 Å². The molecule has 3 aromatic carbocycles. The number of aryl methyl sites for hydroxylation is 3. The lowest BCUT2D eigenvalue weighted by Crippen LogP contribution is -2.14. The lowest BCUT2D eigenvalue weighted by molar-refractivity contribution is 0.504. The largest absolute Gasteiger partial charge is 0.305 e. The maximum absolute atomic E-state index is 14.6. The Hall–Kier alpha value is -2.75. The molecule has 4 heteroatoms. The molecule has 0 unspecified atom stereocenters. The Morgan fingerprint density at radius 1 is 0.640 bits per heavy atom. The van der Waals surface area contributed by atoms with Crippen LogP contribution in [-0.4, -0.2) is 0 Å². The highest BCUT2D eigenvalue weighted by molar-refractivity contribution is 5.77. The zero-order valence-electron chi connectivity index (χ0n) is 14.3. The SMILES string of the molecule is Cc1ccc(N(c2ccc(C)cc2F)c2ccc(C)c(F)c2F)cc1. The lowest BCUT2D eigenvalue weighted by Gasteiger charge is -2.26. The first-order valence-electron chi connectivity index (χ1n) is 7.96. The van der Waals surface area contributed by atoms with Crippen molar-refractivity contribution in [2.75, 3.05) is 4.90 Å². The van der Waals surface area contributed by atoms with Crippen molar-refractivity contribution in [1.82, 2.24) is 0 Å². The molecule has 0 N–H and O–H groups in total. The molecule has 0 saturated heterocycles. The number of nitrogens with zero attached hydrogens (tertiary/aromatic N) is 1. The molecule has 0 aliphatic heterocycles. The highest BCUT2D eigenvalue weighted by Crippen LogP contribution is 2.38. The first-order valence-corrected chi connectivity index (χ1v) is 7.96. The normalized spacial score (nSPS) is 10.8. The second-order valence-corrected chi connectivity index (χ2v) is 6.16. The Kier molecular flexibility index (Phi) is 4.53. The van der Waals surface area contributed by atoms with Gasteiger partial charge >= 0.3 is 0 Å². The Balaban J connectivity index is 2.26.